The summed E-state index contributed by atoms with van der Waals surface area (Å²) in [5.74, 6) is 0.390. The zero-order valence-corrected chi connectivity index (χ0v) is 21.1. The van der Waals surface area contributed by atoms with E-state index in [1.54, 1.807) is 0 Å². The fourth-order valence-corrected chi connectivity index (χ4v) is 5.92. The van der Waals surface area contributed by atoms with E-state index in [0.717, 1.165) is 0 Å². The SMILES string of the molecule is N[C@@H](CCS(=O)(=O)O)CSSC[C@@H](N)CCS(=O)(=O)O.N[C@H](CS)CCS(=O)(=O)O. The smallest absolute Gasteiger partial charge is 0.264 e. The van der Waals surface area contributed by atoms with Gasteiger partial charge in [-0.1, -0.05) is 21.6 Å². The zero-order chi connectivity index (χ0) is 24.0. The number of thiol groups is 1. The number of rotatable bonds is 15. The van der Waals surface area contributed by atoms with Crippen LogP contribution in [0, 0.1) is 0 Å². The van der Waals surface area contributed by atoms with Crippen LogP contribution in [0.5, 0.6) is 0 Å². The highest BCUT2D eigenvalue weighted by molar-refractivity contribution is 8.76. The minimum Gasteiger partial charge on any atom is -0.327 e. The quantitative estimate of drug-likeness (QED) is 0.0562. The molecule has 18 heteroatoms. The fraction of sp³-hybridized carbons (Fsp3) is 1.00. The van der Waals surface area contributed by atoms with Crippen molar-refractivity contribution < 1.29 is 38.9 Å². The maximum atomic E-state index is 10.5. The molecule has 0 heterocycles. The first-order valence-corrected chi connectivity index (χ1v) is 16.4. The molecule has 30 heavy (non-hydrogen) atoms. The van der Waals surface area contributed by atoms with Crippen LogP contribution < -0.4 is 17.2 Å². The van der Waals surface area contributed by atoms with Gasteiger partial charge in [0, 0.05) is 35.4 Å². The number of nitrogens with two attached hydrogens (primary N) is 3. The van der Waals surface area contributed by atoms with E-state index in [1.165, 1.54) is 21.6 Å². The van der Waals surface area contributed by atoms with E-state index in [-0.39, 0.29) is 54.6 Å². The first-order chi connectivity index (χ1) is 13.4. The third-order valence-electron chi connectivity index (χ3n) is 3.12. The Balaban J connectivity index is 0. The van der Waals surface area contributed by atoms with E-state index in [1.807, 2.05) is 0 Å². The van der Waals surface area contributed by atoms with Crippen LogP contribution in [-0.2, 0) is 30.4 Å². The van der Waals surface area contributed by atoms with E-state index < -0.39 is 30.4 Å². The average Bonchev–Trinajstić information content (AvgIpc) is 2.58. The van der Waals surface area contributed by atoms with E-state index in [2.05, 4.69) is 12.6 Å². The van der Waals surface area contributed by atoms with Gasteiger partial charge in [-0.3, -0.25) is 13.7 Å². The maximum absolute atomic E-state index is 10.5. The van der Waals surface area contributed by atoms with Crippen LogP contribution in [-0.4, -0.2) is 91.6 Å². The summed E-state index contributed by atoms with van der Waals surface area (Å²) >= 11 is 3.84. The molecule has 0 aliphatic carbocycles. The summed E-state index contributed by atoms with van der Waals surface area (Å²) in [5.41, 5.74) is 16.6. The molecule has 0 aromatic carbocycles. The molecule has 184 valence electrons. The van der Waals surface area contributed by atoms with Crippen molar-refractivity contribution >= 4 is 64.6 Å². The highest BCUT2D eigenvalue weighted by atomic mass is 33.1. The van der Waals surface area contributed by atoms with Gasteiger partial charge in [0.05, 0.1) is 17.3 Å². The summed E-state index contributed by atoms with van der Waals surface area (Å²) in [4.78, 5) is 0. The second-order valence-corrected chi connectivity index (χ2v) is 13.9. The molecule has 0 saturated heterocycles. The van der Waals surface area contributed by atoms with Crippen molar-refractivity contribution in [1.82, 2.24) is 0 Å². The molecule has 0 aliphatic rings. The summed E-state index contributed by atoms with van der Waals surface area (Å²) in [6, 6.07) is -0.975. The van der Waals surface area contributed by atoms with Gasteiger partial charge in [0.25, 0.3) is 30.4 Å². The van der Waals surface area contributed by atoms with Gasteiger partial charge >= 0.3 is 0 Å². The molecule has 12 nitrogen and oxygen atoms in total. The first-order valence-electron chi connectivity index (χ1n) is 8.42. The number of hydrogen-bond acceptors (Lipinski definition) is 12. The highest BCUT2D eigenvalue weighted by Gasteiger charge is 2.12. The van der Waals surface area contributed by atoms with Gasteiger partial charge in [-0.05, 0) is 19.3 Å². The molecule has 0 aromatic rings. The summed E-state index contributed by atoms with van der Waals surface area (Å²) < 4.78 is 87.7. The molecule has 0 rings (SSSR count). The summed E-state index contributed by atoms with van der Waals surface area (Å²) in [6.45, 7) is 0. The molecule has 0 saturated carbocycles. The van der Waals surface area contributed by atoms with Crippen LogP contribution in [0.15, 0.2) is 0 Å². The van der Waals surface area contributed by atoms with Crippen LogP contribution in [0.1, 0.15) is 19.3 Å². The minimum atomic E-state index is -3.98. The van der Waals surface area contributed by atoms with Gasteiger partial charge in [0.2, 0.25) is 0 Å². The van der Waals surface area contributed by atoms with Gasteiger partial charge < -0.3 is 17.2 Å². The molecule has 0 fully saturated rings. The lowest BCUT2D eigenvalue weighted by molar-refractivity contribution is 0.476. The van der Waals surface area contributed by atoms with E-state index in [4.69, 9.17) is 30.9 Å². The second-order valence-electron chi connectivity index (χ2n) is 6.26. The molecular weight excluding hydrogens is 523 g/mol. The lowest BCUT2D eigenvalue weighted by atomic mass is 10.3. The van der Waals surface area contributed by atoms with Crippen LogP contribution in [0.4, 0.5) is 0 Å². The Morgan fingerprint density at radius 3 is 1.13 bits per heavy atom. The van der Waals surface area contributed by atoms with Crippen molar-refractivity contribution in [3.63, 3.8) is 0 Å². The van der Waals surface area contributed by atoms with Gasteiger partial charge in [-0.2, -0.15) is 37.9 Å². The molecular formula is C12H31N3O9S6. The maximum Gasteiger partial charge on any atom is 0.264 e. The van der Waals surface area contributed by atoms with Gasteiger partial charge in [0.15, 0.2) is 0 Å². The van der Waals surface area contributed by atoms with Crippen molar-refractivity contribution in [3.05, 3.63) is 0 Å². The van der Waals surface area contributed by atoms with Crippen molar-refractivity contribution in [2.75, 3.05) is 34.5 Å². The molecule has 9 N–H and O–H groups in total. The minimum absolute atomic E-state index is 0.168. The molecule has 0 aliphatic heterocycles. The van der Waals surface area contributed by atoms with E-state index in [0.29, 0.717) is 17.3 Å². The average molecular weight is 554 g/mol. The van der Waals surface area contributed by atoms with Crippen LogP contribution in [0.3, 0.4) is 0 Å². The molecule has 0 spiro atoms. The Labute approximate surface area is 191 Å². The lowest BCUT2D eigenvalue weighted by Gasteiger charge is -2.12. The van der Waals surface area contributed by atoms with Crippen LogP contribution in [0.25, 0.3) is 0 Å². The van der Waals surface area contributed by atoms with E-state index in [9.17, 15) is 25.3 Å². The molecule has 0 amide bonds. The van der Waals surface area contributed by atoms with Crippen LogP contribution >= 0.6 is 34.2 Å². The van der Waals surface area contributed by atoms with Crippen molar-refractivity contribution in [3.8, 4) is 0 Å². The Kier molecular flexibility index (Phi) is 17.8. The summed E-state index contributed by atoms with van der Waals surface area (Å²) in [7, 11) is -9.01. The van der Waals surface area contributed by atoms with Crippen LogP contribution in [0.2, 0.25) is 0 Å². The second kappa shape index (κ2) is 16.3. The number of hydrogen-bond donors (Lipinski definition) is 7. The van der Waals surface area contributed by atoms with Crippen molar-refractivity contribution in [2.24, 2.45) is 17.2 Å². The molecule has 0 radical (unpaired) electrons. The third-order valence-corrected chi connectivity index (χ3v) is 8.46. The Bertz CT molecular complexity index is 716. The van der Waals surface area contributed by atoms with Gasteiger partial charge in [-0.15, -0.1) is 0 Å². The molecule has 0 aromatic heterocycles. The third kappa shape index (κ3) is 28.7. The van der Waals surface area contributed by atoms with Crippen molar-refractivity contribution in [1.29, 1.82) is 0 Å². The predicted molar refractivity (Wildman–Crippen MR) is 126 cm³/mol. The standard InChI is InChI=1S/C8H20N2O6S4.C4H11NO3S2/c9-7(1-3-19(11,12)13)5-17-18-6-8(10)2-4-20(14,15)16;5-4(3-9)1-2-10(6,7)8/h7-8H,1-6,9-10H2,(H,11,12,13)(H,14,15,16);4,9H,1-3,5H2,(H,6,7,8)/t7-,8-;4-/m00/s1. The van der Waals surface area contributed by atoms with Gasteiger partial charge in [0.1, 0.15) is 0 Å². The first kappa shape index (κ1) is 32.8. The Morgan fingerprint density at radius 1 is 0.633 bits per heavy atom. The molecule has 0 unspecified atom stereocenters. The van der Waals surface area contributed by atoms with E-state index >= 15 is 0 Å². The summed E-state index contributed by atoms with van der Waals surface area (Å²) in [6.07, 6.45) is 0.588. The lowest BCUT2D eigenvalue weighted by Crippen LogP contribution is -2.27. The molecule has 0 bridgehead atoms. The monoisotopic (exact) mass is 553 g/mol. The summed E-state index contributed by atoms with van der Waals surface area (Å²) in [5, 5.41) is 0. The van der Waals surface area contributed by atoms with Crippen molar-refractivity contribution in [2.45, 2.75) is 37.4 Å². The largest absolute Gasteiger partial charge is 0.327 e. The highest BCUT2D eigenvalue weighted by Crippen LogP contribution is 2.23. The van der Waals surface area contributed by atoms with Gasteiger partial charge in [-0.25, -0.2) is 0 Å². The normalized spacial score (nSPS) is 15.7. The fourth-order valence-electron chi connectivity index (χ4n) is 1.43. The molecule has 3 atom stereocenters. The Hall–Kier alpha value is 0.660. The predicted octanol–water partition coefficient (Wildman–Crippen LogP) is -0.900. The topological polar surface area (TPSA) is 241 Å². The zero-order valence-electron chi connectivity index (χ0n) is 16.1. The Morgan fingerprint density at radius 2 is 0.900 bits per heavy atom.